The van der Waals surface area contributed by atoms with E-state index in [-0.39, 0.29) is 48.3 Å². The van der Waals surface area contributed by atoms with Gasteiger partial charge in [0.15, 0.2) is 5.96 Å². The molecule has 0 saturated heterocycles. The fourth-order valence-corrected chi connectivity index (χ4v) is 2.29. The minimum absolute atomic E-state index is 0. The van der Waals surface area contributed by atoms with E-state index in [1.54, 1.807) is 31.4 Å². The van der Waals surface area contributed by atoms with Crippen LogP contribution in [-0.2, 0) is 11.3 Å². The van der Waals surface area contributed by atoms with Gasteiger partial charge < -0.3 is 20.4 Å². The van der Waals surface area contributed by atoms with Gasteiger partial charge in [-0.3, -0.25) is 4.79 Å². The van der Waals surface area contributed by atoms with Gasteiger partial charge in [-0.05, 0) is 50.1 Å². The molecule has 2 aromatic rings. The molecule has 0 aliphatic carbocycles. The maximum atomic E-state index is 13.7. The highest BCUT2D eigenvalue weighted by atomic mass is 127. The summed E-state index contributed by atoms with van der Waals surface area (Å²) in [5.74, 6) is 0.722. The van der Waals surface area contributed by atoms with E-state index in [1.807, 2.05) is 19.9 Å². The quantitative estimate of drug-likeness (QED) is 0.318. The minimum atomic E-state index is -0.240. The van der Waals surface area contributed by atoms with Gasteiger partial charge in [-0.2, -0.15) is 0 Å². The number of hydrogen-bond donors (Lipinski definition) is 3. The number of carbonyl (C=O) groups is 1. The predicted molar refractivity (Wildman–Crippen MR) is 115 cm³/mol. The zero-order chi connectivity index (χ0) is 18.9. The monoisotopic (exact) mass is 488 g/mol. The molecule has 27 heavy (non-hydrogen) atoms. The van der Waals surface area contributed by atoms with Crippen LogP contribution in [0.5, 0.6) is 0 Å². The number of halogens is 2. The van der Waals surface area contributed by atoms with E-state index in [9.17, 15) is 9.18 Å². The molecule has 1 atom stereocenters. The van der Waals surface area contributed by atoms with E-state index in [2.05, 4.69) is 20.9 Å². The molecule has 1 amide bonds. The molecule has 0 fully saturated rings. The summed E-state index contributed by atoms with van der Waals surface area (Å²) in [5, 5.41) is 9.00. The summed E-state index contributed by atoms with van der Waals surface area (Å²) < 4.78 is 18.9. The lowest BCUT2D eigenvalue weighted by Crippen LogP contribution is -2.39. The lowest BCUT2D eigenvalue weighted by atomic mass is 10.1. The first-order chi connectivity index (χ1) is 12.5. The van der Waals surface area contributed by atoms with Crippen LogP contribution in [0.3, 0.4) is 0 Å². The highest BCUT2D eigenvalue weighted by Gasteiger charge is 2.10. The number of benzene rings is 1. The number of guanidine groups is 1. The number of nitrogens with zero attached hydrogens (tertiary/aromatic N) is 1. The second-order valence-corrected chi connectivity index (χ2v) is 5.93. The van der Waals surface area contributed by atoms with Gasteiger partial charge in [-0.15, -0.1) is 24.0 Å². The van der Waals surface area contributed by atoms with Gasteiger partial charge in [0.05, 0.1) is 18.8 Å². The molecule has 1 heterocycles. The smallest absolute Gasteiger partial charge is 0.242 e. The molecule has 1 aromatic carbocycles. The Kier molecular flexibility index (Phi) is 9.84. The van der Waals surface area contributed by atoms with Gasteiger partial charge in [0, 0.05) is 6.54 Å². The molecule has 148 valence electrons. The Labute approximate surface area is 176 Å². The molecule has 0 radical (unpaired) electrons. The van der Waals surface area contributed by atoms with Crippen LogP contribution < -0.4 is 16.0 Å². The second kappa shape index (κ2) is 11.6. The van der Waals surface area contributed by atoms with Crippen LogP contribution >= 0.6 is 24.0 Å². The summed E-state index contributed by atoms with van der Waals surface area (Å²) in [4.78, 5) is 16.2. The summed E-state index contributed by atoms with van der Waals surface area (Å²) in [6.45, 7) is 6.52. The Hall–Kier alpha value is -2.10. The number of carbonyl (C=O) groups excluding carboxylic acids is 1. The fraction of sp³-hybridized carbons (Fsp3) is 0.368. The lowest BCUT2D eigenvalue weighted by molar-refractivity contribution is -0.119. The van der Waals surface area contributed by atoms with Gasteiger partial charge in [-0.25, -0.2) is 9.38 Å². The second-order valence-electron chi connectivity index (χ2n) is 5.93. The summed E-state index contributed by atoms with van der Waals surface area (Å²) in [7, 11) is 0. The van der Waals surface area contributed by atoms with Crippen molar-refractivity contribution in [2.45, 2.75) is 33.4 Å². The van der Waals surface area contributed by atoms with Crippen LogP contribution in [-0.4, -0.2) is 25.0 Å². The third-order valence-electron chi connectivity index (χ3n) is 3.81. The van der Waals surface area contributed by atoms with Crippen LogP contribution in [0.15, 0.2) is 46.0 Å². The Morgan fingerprint density at radius 3 is 2.70 bits per heavy atom. The van der Waals surface area contributed by atoms with Gasteiger partial charge in [0.2, 0.25) is 5.91 Å². The van der Waals surface area contributed by atoms with Gasteiger partial charge in [0.25, 0.3) is 0 Å². The van der Waals surface area contributed by atoms with Crippen LogP contribution in [0.4, 0.5) is 4.39 Å². The van der Waals surface area contributed by atoms with Crippen molar-refractivity contribution in [1.29, 1.82) is 0 Å². The molecule has 1 unspecified atom stereocenters. The molecule has 0 spiro atoms. The van der Waals surface area contributed by atoms with Crippen LogP contribution in [0, 0.1) is 12.7 Å². The van der Waals surface area contributed by atoms with E-state index in [4.69, 9.17) is 4.42 Å². The van der Waals surface area contributed by atoms with Crippen molar-refractivity contribution in [1.82, 2.24) is 16.0 Å². The highest BCUT2D eigenvalue weighted by molar-refractivity contribution is 14.0. The van der Waals surface area contributed by atoms with Crippen molar-refractivity contribution >= 4 is 35.8 Å². The average Bonchev–Trinajstić information content (AvgIpc) is 3.14. The molecular formula is C19H26FIN4O2. The number of hydrogen-bond acceptors (Lipinski definition) is 3. The molecule has 6 nitrogen and oxygen atoms in total. The van der Waals surface area contributed by atoms with Crippen molar-refractivity contribution in [2.75, 3.05) is 13.1 Å². The van der Waals surface area contributed by atoms with Gasteiger partial charge in [-0.1, -0.05) is 12.1 Å². The Morgan fingerprint density at radius 2 is 2.07 bits per heavy atom. The molecular weight excluding hydrogens is 462 g/mol. The van der Waals surface area contributed by atoms with Crippen molar-refractivity contribution in [3.05, 3.63) is 59.3 Å². The summed E-state index contributed by atoms with van der Waals surface area (Å²) in [5.41, 5.74) is 1.41. The van der Waals surface area contributed by atoms with Crippen LogP contribution in [0.25, 0.3) is 0 Å². The largest absolute Gasteiger partial charge is 0.467 e. The van der Waals surface area contributed by atoms with Crippen LogP contribution in [0.1, 0.15) is 36.8 Å². The fourth-order valence-electron chi connectivity index (χ4n) is 2.29. The lowest BCUT2D eigenvalue weighted by Gasteiger charge is -2.18. The topological polar surface area (TPSA) is 78.7 Å². The van der Waals surface area contributed by atoms with Crippen LogP contribution in [0.2, 0.25) is 0 Å². The summed E-state index contributed by atoms with van der Waals surface area (Å²) in [6.07, 6.45) is 1.56. The number of rotatable bonds is 7. The van der Waals surface area contributed by atoms with E-state index >= 15 is 0 Å². The third-order valence-corrected chi connectivity index (χ3v) is 3.81. The van der Waals surface area contributed by atoms with Gasteiger partial charge >= 0.3 is 0 Å². The molecule has 2 rings (SSSR count). The average molecular weight is 488 g/mol. The number of aliphatic imine (C=N–C) groups is 1. The maximum Gasteiger partial charge on any atom is 0.242 e. The number of aryl methyl sites for hydroxylation is 1. The molecule has 3 N–H and O–H groups in total. The predicted octanol–water partition coefficient (Wildman–Crippen LogP) is 3.28. The van der Waals surface area contributed by atoms with Crippen molar-refractivity contribution in [3.8, 4) is 0 Å². The number of furan rings is 1. The molecule has 1 aromatic heterocycles. The first-order valence-electron chi connectivity index (χ1n) is 8.59. The molecule has 0 bridgehead atoms. The first-order valence-corrected chi connectivity index (χ1v) is 8.59. The Bertz CT molecular complexity index is 750. The Balaban J connectivity index is 0.00000364. The standard InChI is InChI=1S/C19H25FN4O2.HI/c1-4-21-19(23-12-18(25)22-11-16-6-5-9-26-16)24-14(3)15-8-7-13(2)17(20)10-15;/h5-10,14H,4,11-12H2,1-3H3,(H,22,25)(H2,21,23,24);1H. The number of amides is 1. The first kappa shape index (κ1) is 22.9. The SMILES string of the molecule is CCNC(=NCC(=O)NCc1ccco1)NC(C)c1ccc(C)c(F)c1.I. The molecule has 0 saturated carbocycles. The summed E-state index contributed by atoms with van der Waals surface area (Å²) in [6, 6.07) is 8.52. The van der Waals surface area contributed by atoms with Gasteiger partial charge in [0.1, 0.15) is 18.1 Å². The van der Waals surface area contributed by atoms with Crippen molar-refractivity contribution in [2.24, 2.45) is 4.99 Å². The van der Waals surface area contributed by atoms with E-state index in [0.717, 1.165) is 5.56 Å². The van der Waals surface area contributed by atoms with Crippen molar-refractivity contribution < 1.29 is 13.6 Å². The van der Waals surface area contributed by atoms with E-state index < -0.39 is 0 Å². The van der Waals surface area contributed by atoms with Crippen molar-refractivity contribution in [3.63, 3.8) is 0 Å². The molecule has 8 heteroatoms. The van der Waals surface area contributed by atoms with E-state index in [1.165, 1.54) is 6.07 Å². The third kappa shape index (κ3) is 7.58. The minimum Gasteiger partial charge on any atom is -0.467 e. The molecule has 0 aliphatic rings. The summed E-state index contributed by atoms with van der Waals surface area (Å²) >= 11 is 0. The number of nitrogens with one attached hydrogen (secondary N) is 3. The Morgan fingerprint density at radius 1 is 1.30 bits per heavy atom. The zero-order valence-corrected chi connectivity index (χ0v) is 18.0. The normalized spacial score (nSPS) is 12.1. The van der Waals surface area contributed by atoms with E-state index in [0.29, 0.717) is 30.4 Å². The molecule has 0 aliphatic heterocycles. The highest BCUT2D eigenvalue weighted by Crippen LogP contribution is 2.16. The maximum absolute atomic E-state index is 13.7. The zero-order valence-electron chi connectivity index (χ0n) is 15.7.